The van der Waals surface area contributed by atoms with Gasteiger partial charge in [-0.15, -0.1) is 0 Å². The third-order valence-electron chi connectivity index (χ3n) is 4.21. The predicted octanol–water partition coefficient (Wildman–Crippen LogP) is 2.17. The normalized spacial score (nSPS) is 16.2. The number of halogens is 1. The fraction of sp³-hybridized carbons (Fsp3) is 0.471. The minimum Gasteiger partial charge on any atom is -0.349 e. The van der Waals surface area contributed by atoms with Crippen LogP contribution in [0.15, 0.2) is 28.8 Å². The number of nitrogens with zero attached hydrogens (tertiary/aromatic N) is 3. The minimum absolute atomic E-state index is 0.132. The number of aromatic nitrogens is 2. The van der Waals surface area contributed by atoms with Crippen LogP contribution in [-0.4, -0.2) is 40.1 Å². The molecule has 1 aliphatic heterocycles. The van der Waals surface area contributed by atoms with E-state index in [-0.39, 0.29) is 17.8 Å². The minimum atomic E-state index is -0.341. The molecule has 6 nitrogen and oxygen atoms in total. The highest BCUT2D eigenvalue weighted by Gasteiger charge is 2.22. The molecule has 0 atom stereocenters. The van der Waals surface area contributed by atoms with Crippen LogP contribution in [0.1, 0.15) is 41.8 Å². The van der Waals surface area contributed by atoms with Crippen molar-refractivity contribution in [3.63, 3.8) is 0 Å². The number of carbonyl (C=O) groups is 1. The van der Waals surface area contributed by atoms with Gasteiger partial charge in [0.1, 0.15) is 5.82 Å². The van der Waals surface area contributed by atoms with E-state index >= 15 is 0 Å². The van der Waals surface area contributed by atoms with Crippen LogP contribution < -0.4 is 5.32 Å². The van der Waals surface area contributed by atoms with Crippen molar-refractivity contribution in [2.24, 2.45) is 0 Å². The van der Waals surface area contributed by atoms with E-state index in [1.807, 2.05) is 6.92 Å². The summed E-state index contributed by atoms with van der Waals surface area (Å²) in [6.45, 7) is 4.35. The highest BCUT2D eigenvalue weighted by Crippen LogP contribution is 2.14. The van der Waals surface area contributed by atoms with Crippen molar-refractivity contribution in [3.05, 3.63) is 47.4 Å². The van der Waals surface area contributed by atoms with Crippen LogP contribution in [0.4, 0.5) is 4.39 Å². The van der Waals surface area contributed by atoms with Crippen LogP contribution in [0.3, 0.4) is 0 Å². The Kier molecular flexibility index (Phi) is 5.20. The molecule has 1 aliphatic rings. The van der Waals surface area contributed by atoms with E-state index in [0.717, 1.165) is 38.2 Å². The van der Waals surface area contributed by atoms with Gasteiger partial charge in [0, 0.05) is 31.1 Å². The van der Waals surface area contributed by atoms with Gasteiger partial charge in [-0.05, 0) is 37.1 Å². The maximum absolute atomic E-state index is 12.9. The summed E-state index contributed by atoms with van der Waals surface area (Å²) in [7, 11) is 0. The summed E-state index contributed by atoms with van der Waals surface area (Å²) < 4.78 is 18.1. The lowest BCUT2D eigenvalue weighted by atomic mass is 10.0. The Bertz CT molecular complexity index is 678. The maximum Gasteiger partial charge on any atom is 0.251 e. The highest BCUT2D eigenvalue weighted by molar-refractivity contribution is 5.94. The fourth-order valence-corrected chi connectivity index (χ4v) is 2.79. The third-order valence-corrected chi connectivity index (χ3v) is 4.21. The van der Waals surface area contributed by atoms with Gasteiger partial charge in [-0.3, -0.25) is 9.69 Å². The van der Waals surface area contributed by atoms with E-state index in [1.165, 1.54) is 24.3 Å². The van der Waals surface area contributed by atoms with Crippen molar-refractivity contribution in [3.8, 4) is 0 Å². The molecule has 1 N–H and O–H groups in total. The van der Waals surface area contributed by atoms with Gasteiger partial charge < -0.3 is 9.84 Å². The van der Waals surface area contributed by atoms with Crippen LogP contribution in [0.5, 0.6) is 0 Å². The second-order valence-electron chi connectivity index (χ2n) is 5.99. The molecule has 0 bridgehead atoms. The molecule has 1 saturated heterocycles. The van der Waals surface area contributed by atoms with Crippen LogP contribution in [-0.2, 0) is 13.0 Å². The smallest absolute Gasteiger partial charge is 0.251 e. The summed E-state index contributed by atoms with van der Waals surface area (Å²) in [4.78, 5) is 18.7. The van der Waals surface area contributed by atoms with Gasteiger partial charge in [-0.25, -0.2) is 4.39 Å². The van der Waals surface area contributed by atoms with Crippen molar-refractivity contribution < 1.29 is 13.7 Å². The Morgan fingerprint density at radius 3 is 2.67 bits per heavy atom. The molecule has 24 heavy (non-hydrogen) atoms. The van der Waals surface area contributed by atoms with Gasteiger partial charge in [0.25, 0.3) is 5.91 Å². The van der Waals surface area contributed by atoms with Gasteiger partial charge in [-0.1, -0.05) is 12.1 Å². The number of hydrogen-bond acceptors (Lipinski definition) is 5. The molecule has 2 heterocycles. The van der Waals surface area contributed by atoms with Gasteiger partial charge in [0.2, 0.25) is 5.89 Å². The first-order valence-electron chi connectivity index (χ1n) is 8.24. The summed E-state index contributed by atoms with van der Waals surface area (Å²) in [6, 6.07) is 5.73. The Labute approximate surface area is 140 Å². The Morgan fingerprint density at radius 1 is 1.33 bits per heavy atom. The molecule has 1 aromatic heterocycles. The molecule has 1 aromatic carbocycles. The van der Waals surface area contributed by atoms with Crippen molar-refractivity contribution in [2.45, 2.75) is 38.8 Å². The van der Waals surface area contributed by atoms with Crippen molar-refractivity contribution >= 4 is 5.91 Å². The average molecular weight is 332 g/mol. The Morgan fingerprint density at radius 2 is 2.04 bits per heavy atom. The lowest BCUT2D eigenvalue weighted by molar-refractivity contribution is 0.0904. The standard InChI is InChI=1S/C17H21FN4O2/c1-2-15-20-16(24-21-15)11-22-9-7-14(8-10-22)19-17(23)12-3-5-13(18)6-4-12/h3-6,14H,2,7-11H2,1H3,(H,19,23). The number of piperidine rings is 1. The lowest BCUT2D eigenvalue weighted by Crippen LogP contribution is -2.44. The Balaban J connectivity index is 1.46. The van der Waals surface area contributed by atoms with Gasteiger partial charge in [0.15, 0.2) is 5.82 Å². The van der Waals surface area contributed by atoms with Crippen LogP contribution >= 0.6 is 0 Å². The molecule has 0 saturated carbocycles. The molecule has 2 aromatic rings. The zero-order chi connectivity index (χ0) is 16.9. The predicted molar refractivity (Wildman–Crippen MR) is 85.8 cm³/mol. The summed E-state index contributed by atoms with van der Waals surface area (Å²) in [5, 5.41) is 6.91. The molecule has 1 fully saturated rings. The first kappa shape index (κ1) is 16.6. The van der Waals surface area contributed by atoms with E-state index in [4.69, 9.17) is 4.52 Å². The zero-order valence-electron chi connectivity index (χ0n) is 13.7. The van der Waals surface area contributed by atoms with Gasteiger partial charge >= 0.3 is 0 Å². The van der Waals surface area contributed by atoms with E-state index in [9.17, 15) is 9.18 Å². The molecule has 0 aliphatic carbocycles. The lowest BCUT2D eigenvalue weighted by Gasteiger charge is -2.31. The van der Waals surface area contributed by atoms with Gasteiger partial charge in [-0.2, -0.15) is 4.98 Å². The fourth-order valence-electron chi connectivity index (χ4n) is 2.79. The van der Waals surface area contributed by atoms with Crippen LogP contribution in [0, 0.1) is 5.82 Å². The van der Waals surface area contributed by atoms with E-state index < -0.39 is 0 Å². The quantitative estimate of drug-likeness (QED) is 0.908. The number of rotatable bonds is 5. The number of carbonyl (C=O) groups excluding carboxylic acids is 1. The second-order valence-corrected chi connectivity index (χ2v) is 5.99. The second kappa shape index (κ2) is 7.53. The maximum atomic E-state index is 12.9. The highest BCUT2D eigenvalue weighted by atomic mass is 19.1. The number of aryl methyl sites for hydroxylation is 1. The zero-order valence-corrected chi connectivity index (χ0v) is 13.7. The van der Waals surface area contributed by atoms with Crippen molar-refractivity contribution in [1.29, 1.82) is 0 Å². The summed E-state index contributed by atoms with van der Waals surface area (Å²) in [5.74, 6) is 0.872. The molecule has 3 rings (SSSR count). The molecule has 1 amide bonds. The first-order chi connectivity index (χ1) is 11.6. The molecule has 0 spiro atoms. The number of hydrogen-bond donors (Lipinski definition) is 1. The number of benzene rings is 1. The molecule has 0 unspecified atom stereocenters. The molecule has 7 heteroatoms. The molecule has 128 valence electrons. The van der Waals surface area contributed by atoms with Crippen molar-refractivity contribution in [1.82, 2.24) is 20.4 Å². The number of likely N-dealkylation sites (tertiary alicyclic amines) is 1. The van der Waals surface area contributed by atoms with Gasteiger partial charge in [0.05, 0.1) is 6.54 Å². The number of nitrogens with one attached hydrogen (secondary N) is 1. The molecular weight excluding hydrogens is 311 g/mol. The average Bonchev–Trinajstić information content (AvgIpc) is 3.05. The van der Waals surface area contributed by atoms with E-state index in [0.29, 0.717) is 18.0 Å². The van der Waals surface area contributed by atoms with E-state index in [2.05, 4.69) is 20.4 Å². The van der Waals surface area contributed by atoms with Crippen molar-refractivity contribution in [2.75, 3.05) is 13.1 Å². The molecular formula is C17H21FN4O2. The topological polar surface area (TPSA) is 71.3 Å². The monoisotopic (exact) mass is 332 g/mol. The van der Waals surface area contributed by atoms with Crippen LogP contribution in [0.25, 0.3) is 0 Å². The Hall–Kier alpha value is -2.28. The van der Waals surface area contributed by atoms with E-state index in [1.54, 1.807) is 0 Å². The largest absolute Gasteiger partial charge is 0.349 e. The molecule has 0 radical (unpaired) electrons. The third kappa shape index (κ3) is 4.17. The number of amides is 1. The summed E-state index contributed by atoms with van der Waals surface area (Å²) >= 11 is 0. The summed E-state index contributed by atoms with van der Waals surface area (Å²) in [5.41, 5.74) is 0.483. The summed E-state index contributed by atoms with van der Waals surface area (Å²) in [6.07, 6.45) is 2.49. The first-order valence-corrected chi connectivity index (χ1v) is 8.24. The SMILES string of the molecule is CCc1noc(CN2CCC(NC(=O)c3ccc(F)cc3)CC2)n1. The van der Waals surface area contributed by atoms with Crippen LogP contribution in [0.2, 0.25) is 0 Å².